The Morgan fingerprint density at radius 3 is 2.88 bits per heavy atom. The second-order valence-electron chi connectivity index (χ2n) is 6.57. The number of aryl methyl sites for hydroxylation is 2. The van der Waals surface area contributed by atoms with E-state index in [-0.39, 0.29) is 18.0 Å². The average molecular weight is 338 g/mol. The number of hydrogen-bond donors (Lipinski definition) is 4. The fraction of sp³-hybridized carbons (Fsp3) is 0.333. The van der Waals surface area contributed by atoms with Crippen LogP contribution in [0.1, 0.15) is 29.4 Å². The summed E-state index contributed by atoms with van der Waals surface area (Å²) in [6.07, 6.45) is 2.56. The smallest absolute Gasteiger partial charge is 0.242 e. The molecule has 1 aliphatic rings. The molecular weight excluding hydrogens is 316 g/mol. The van der Waals surface area contributed by atoms with Crippen LogP contribution in [-0.2, 0) is 11.8 Å². The summed E-state index contributed by atoms with van der Waals surface area (Å²) < 4.78 is 1.88. The van der Waals surface area contributed by atoms with Crippen LogP contribution in [0.3, 0.4) is 0 Å². The van der Waals surface area contributed by atoms with Gasteiger partial charge in [0.25, 0.3) is 0 Å². The zero-order valence-electron chi connectivity index (χ0n) is 14.6. The Balaban J connectivity index is 1.50. The van der Waals surface area contributed by atoms with Crippen molar-refractivity contribution in [1.82, 2.24) is 25.6 Å². The van der Waals surface area contributed by atoms with Crippen LogP contribution in [0.4, 0.5) is 5.69 Å². The van der Waals surface area contributed by atoms with Gasteiger partial charge in [0.15, 0.2) is 0 Å². The van der Waals surface area contributed by atoms with Crippen LogP contribution in [0.5, 0.6) is 0 Å². The summed E-state index contributed by atoms with van der Waals surface area (Å²) in [5.74, 6) is -0.0390. The van der Waals surface area contributed by atoms with Gasteiger partial charge >= 0.3 is 0 Å². The van der Waals surface area contributed by atoms with Crippen LogP contribution < -0.4 is 16.2 Å². The third-order valence-corrected chi connectivity index (χ3v) is 4.99. The maximum Gasteiger partial charge on any atom is 0.242 e. The molecule has 2 unspecified atom stereocenters. The van der Waals surface area contributed by atoms with Crippen molar-refractivity contribution >= 4 is 22.5 Å². The topological polar surface area (TPSA) is 86.8 Å². The number of anilines is 1. The second kappa shape index (κ2) is 6.02. The first kappa shape index (κ1) is 15.9. The molecule has 4 rings (SSSR count). The third kappa shape index (κ3) is 2.71. The van der Waals surface area contributed by atoms with E-state index in [4.69, 9.17) is 0 Å². The highest BCUT2D eigenvalue weighted by Gasteiger charge is 2.33. The standard InChI is InChI=1S/C18H22N6O/c1-10-17(11(2)24(3)23-10)15-9-16(22-21-15)18(25)20-14-6-4-5-13-12(14)7-8-19-13/h4-8,15-16,19,21-22H,9H2,1-3H3,(H,20,25). The van der Waals surface area contributed by atoms with Gasteiger partial charge in [0.05, 0.1) is 17.4 Å². The number of fused-ring (bicyclic) bond motifs is 1. The highest BCUT2D eigenvalue weighted by atomic mass is 16.2. The van der Waals surface area contributed by atoms with Gasteiger partial charge in [0.1, 0.15) is 6.04 Å². The fourth-order valence-electron chi connectivity index (χ4n) is 3.63. The number of aromatic amines is 1. The molecular formula is C18H22N6O. The molecule has 1 aromatic carbocycles. The monoisotopic (exact) mass is 338 g/mol. The molecule has 0 radical (unpaired) electrons. The number of nitrogens with zero attached hydrogens (tertiary/aromatic N) is 2. The first-order chi connectivity index (χ1) is 12.0. The van der Waals surface area contributed by atoms with Crippen LogP contribution in [0.15, 0.2) is 30.5 Å². The largest absolute Gasteiger partial charge is 0.361 e. The molecule has 2 atom stereocenters. The van der Waals surface area contributed by atoms with Crippen molar-refractivity contribution in [3.05, 3.63) is 47.4 Å². The molecule has 0 spiro atoms. The number of aromatic nitrogens is 3. The summed E-state index contributed by atoms with van der Waals surface area (Å²) in [6, 6.07) is 7.59. The predicted molar refractivity (Wildman–Crippen MR) is 97.0 cm³/mol. The molecule has 1 aliphatic heterocycles. The van der Waals surface area contributed by atoms with Crippen molar-refractivity contribution in [3.8, 4) is 0 Å². The Bertz CT molecular complexity index is 940. The van der Waals surface area contributed by atoms with Gasteiger partial charge in [-0.2, -0.15) is 5.10 Å². The number of hydrogen-bond acceptors (Lipinski definition) is 4. The van der Waals surface area contributed by atoms with E-state index in [9.17, 15) is 4.79 Å². The second-order valence-corrected chi connectivity index (χ2v) is 6.57. The minimum atomic E-state index is -0.293. The lowest BCUT2D eigenvalue weighted by atomic mass is 10.00. The van der Waals surface area contributed by atoms with Crippen LogP contribution in [0.2, 0.25) is 0 Å². The van der Waals surface area contributed by atoms with Crippen LogP contribution in [-0.4, -0.2) is 26.7 Å². The van der Waals surface area contributed by atoms with Crippen LogP contribution in [0, 0.1) is 13.8 Å². The molecule has 7 nitrogen and oxygen atoms in total. The summed E-state index contributed by atoms with van der Waals surface area (Å²) in [4.78, 5) is 15.8. The highest BCUT2D eigenvalue weighted by Crippen LogP contribution is 2.28. The van der Waals surface area contributed by atoms with Gasteiger partial charge in [0.2, 0.25) is 5.91 Å². The third-order valence-electron chi connectivity index (χ3n) is 4.99. The van der Waals surface area contributed by atoms with Crippen molar-refractivity contribution in [2.45, 2.75) is 32.4 Å². The quantitative estimate of drug-likeness (QED) is 0.589. The van der Waals surface area contributed by atoms with Gasteiger partial charge in [0, 0.05) is 35.4 Å². The van der Waals surface area contributed by atoms with Gasteiger partial charge < -0.3 is 10.3 Å². The van der Waals surface area contributed by atoms with Gasteiger partial charge in [-0.15, -0.1) is 0 Å². The Morgan fingerprint density at radius 2 is 2.12 bits per heavy atom. The van der Waals surface area contributed by atoms with Crippen molar-refractivity contribution < 1.29 is 4.79 Å². The van der Waals surface area contributed by atoms with Gasteiger partial charge in [-0.05, 0) is 38.5 Å². The van der Waals surface area contributed by atoms with E-state index in [0.717, 1.165) is 33.5 Å². The van der Waals surface area contributed by atoms with Crippen molar-refractivity contribution in [1.29, 1.82) is 0 Å². The van der Waals surface area contributed by atoms with E-state index in [1.54, 1.807) is 0 Å². The summed E-state index contributed by atoms with van der Waals surface area (Å²) in [5, 5.41) is 8.51. The summed E-state index contributed by atoms with van der Waals surface area (Å²) in [7, 11) is 1.94. The zero-order chi connectivity index (χ0) is 17.6. The summed E-state index contributed by atoms with van der Waals surface area (Å²) >= 11 is 0. The van der Waals surface area contributed by atoms with Gasteiger partial charge in [-0.1, -0.05) is 6.07 Å². The number of hydrazine groups is 1. The number of carbonyl (C=O) groups is 1. The number of carbonyl (C=O) groups excluding carboxylic acids is 1. The van der Waals surface area contributed by atoms with Crippen LogP contribution >= 0.6 is 0 Å². The number of nitrogens with one attached hydrogen (secondary N) is 4. The molecule has 130 valence electrons. The molecule has 2 aromatic heterocycles. The SMILES string of the molecule is Cc1nn(C)c(C)c1C1CC(C(=O)Nc2cccc3[nH]ccc23)NN1. The molecule has 7 heteroatoms. The van der Waals surface area contributed by atoms with Crippen molar-refractivity contribution in [3.63, 3.8) is 0 Å². The van der Waals surface area contributed by atoms with Crippen molar-refractivity contribution in [2.75, 3.05) is 5.32 Å². The minimum Gasteiger partial charge on any atom is -0.361 e. The predicted octanol–water partition coefficient (Wildman–Crippen LogP) is 2.06. The number of H-pyrrole nitrogens is 1. The molecule has 1 saturated heterocycles. The van der Waals surface area contributed by atoms with E-state index >= 15 is 0 Å². The lowest BCUT2D eigenvalue weighted by Gasteiger charge is -2.12. The Kier molecular flexibility index (Phi) is 3.82. The van der Waals surface area contributed by atoms with Gasteiger partial charge in [-0.25, -0.2) is 10.9 Å². The molecule has 25 heavy (non-hydrogen) atoms. The number of rotatable bonds is 3. The first-order valence-electron chi connectivity index (χ1n) is 8.42. The molecule has 4 N–H and O–H groups in total. The number of benzene rings is 1. The summed E-state index contributed by atoms with van der Waals surface area (Å²) in [5.41, 5.74) is 11.5. The van der Waals surface area contributed by atoms with E-state index in [1.165, 1.54) is 0 Å². The molecule has 1 fully saturated rings. The van der Waals surface area contributed by atoms with Crippen molar-refractivity contribution in [2.24, 2.45) is 7.05 Å². The fourth-order valence-corrected chi connectivity index (χ4v) is 3.63. The lowest BCUT2D eigenvalue weighted by molar-refractivity contribution is -0.117. The number of amides is 1. The highest BCUT2D eigenvalue weighted by molar-refractivity contribution is 6.03. The van der Waals surface area contributed by atoms with Gasteiger partial charge in [-0.3, -0.25) is 9.48 Å². The average Bonchev–Trinajstić information content (AvgIpc) is 3.28. The Hall–Kier alpha value is -2.64. The van der Waals surface area contributed by atoms with E-state index in [0.29, 0.717) is 6.42 Å². The maximum absolute atomic E-state index is 12.7. The molecule has 0 bridgehead atoms. The Morgan fingerprint density at radius 1 is 1.28 bits per heavy atom. The zero-order valence-corrected chi connectivity index (χ0v) is 14.6. The minimum absolute atomic E-state index is 0.0390. The summed E-state index contributed by atoms with van der Waals surface area (Å²) in [6.45, 7) is 4.06. The van der Waals surface area contributed by atoms with E-state index in [2.05, 4.69) is 33.2 Å². The lowest BCUT2D eigenvalue weighted by Crippen LogP contribution is -2.39. The Labute approximate surface area is 145 Å². The molecule has 0 saturated carbocycles. The molecule has 3 heterocycles. The molecule has 1 amide bonds. The molecule has 3 aromatic rings. The normalized spacial score (nSPS) is 20.3. The first-order valence-corrected chi connectivity index (χ1v) is 8.42. The van der Waals surface area contributed by atoms with Crippen LogP contribution in [0.25, 0.3) is 10.9 Å². The molecule has 0 aliphatic carbocycles. The van der Waals surface area contributed by atoms with E-state index in [1.807, 2.05) is 49.1 Å². The maximum atomic E-state index is 12.7. The van der Waals surface area contributed by atoms with E-state index < -0.39 is 0 Å².